The van der Waals surface area contributed by atoms with Crippen molar-refractivity contribution in [1.82, 2.24) is 5.32 Å². The van der Waals surface area contributed by atoms with E-state index >= 15 is 0 Å². The van der Waals surface area contributed by atoms with E-state index in [0.717, 1.165) is 13.0 Å². The van der Waals surface area contributed by atoms with Crippen LogP contribution in [0.3, 0.4) is 0 Å². The Balaban J connectivity index is 2.19. The third kappa shape index (κ3) is 2.25. The quantitative estimate of drug-likeness (QED) is 0.818. The Bertz CT molecular complexity index is 401. The first-order valence-electron chi connectivity index (χ1n) is 5.72. The van der Waals surface area contributed by atoms with Crippen molar-refractivity contribution in [2.75, 3.05) is 6.54 Å². The molecule has 1 aromatic carbocycles. The van der Waals surface area contributed by atoms with Gasteiger partial charge in [0.2, 0.25) is 0 Å². The predicted octanol–water partition coefficient (Wildman–Crippen LogP) is 2.05. The van der Waals surface area contributed by atoms with E-state index in [-0.39, 0.29) is 12.5 Å². The van der Waals surface area contributed by atoms with E-state index in [1.165, 1.54) is 16.7 Å². The van der Waals surface area contributed by atoms with Gasteiger partial charge in [0.25, 0.3) is 0 Å². The number of benzene rings is 1. The van der Waals surface area contributed by atoms with Crippen LogP contribution in [0, 0.1) is 6.92 Å². The van der Waals surface area contributed by atoms with E-state index in [4.69, 9.17) is 5.11 Å². The highest BCUT2D eigenvalue weighted by Gasteiger charge is 2.20. The zero-order valence-electron chi connectivity index (χ0n) is 9.49. The third-order valence-corrected chi connectivity index (χ3v) is 3.23. The highest BCUT2D eigenvalue weighted by molar-refractivity contribution is 5.66. The number of carboxylic acids is 1. The monoisotopic (exact) mass is 219 g/mol. The number of nitrogens with one attached hydrogen (secondary N) is 1. The number of hydrogen-bond donors (Lipinski definition) is 2. The molecule has 1 unspecified atom stereocenters. The Hall–Kier alpha value is -1.35. The van der Waals surface area contributed by atoms with Crippen LogP contribution >= 0.6 is 0 Å². The molecule has 0 saturated carbocycles. The lowest BCUT2D eigenvalue weighted by Crippen LogP contribution is -2.30. The third-order valence-electron chi connectivity index (χ3n) is 3.23. The minimum absolute atomic E-state index is 0.208. The molecule has 1 aromatic rings. The summed E-state index contributed by atoms with van der Waals surface area (Å²) in [5.41, 5.74) is 4.00. The fourth-order valence-corrected chi connectivity index (χ4v) is 2.40. The summed E-state index contributed by atoms with van der Waals surface area (Å²) < 4.78 is 0. The molecule has 1 heterocycles. The van der Waals surface area contributed by atoms with Crippen LogP contribution in [0.4, 0.5) is 0 Å². The van der Waals surface area contributed by atoms with E-state index in [1.807, 2.05) is 0 Å². The molecule has 0 aliphatic carbocycles. The Morgan fingerprint density at radius 2 is 2.38 bits per heavy atom. The normalized spacial score (nSPS) is 19.2. The maximum Gasteiger partial charge on any atom is 0.303 e. The summed E-state index contributed by atoms with van der Waals surface area (Å²) in [7, 11) is 0. The Morgan fingerprint density at radius 3 is 3.12 bits per heavy atom. The zero-order chi connectivity index (χ0) is 11.5. The molecule has 2 rings (SSSR count). The molecule has 0 fully saturated rings. The topological polar surface area (TPSA) is 49.3 Å². The molecule has 0 saturated heterocycles. The molecule has 1 aliphatic rings. The second-order valence-corrected chi connectivity index (χ2v) is 4.33. The van der Waals surface area contributed by atoms with Gasteiger partial charge < -0.3 is 10.4 Å². The number of carbonyl (C=O) groups is 1. The summed E-state index contributed by atoms with van der Waals surface area (Å²) in [6.07, 6.45) is 1.95. The van der Waals surface area contributed by atoms with Gasteiger partial charge in [-0.2, -0.15) is 0 Å². The molecule has 16 heavy (non-hydrogen) atoms. The maximum absolute atomic E-state index is 10.6. The predicted molar refractivity (Wildman–Crippen MR) is 62.5 cm³/mol. The van der Waals surface area contributed by atoms with Crippen LogP contribution in [0.2, 0.25) is 0 Å². The van der Waals surface area contributed by atoms with Gasteiger partial charge >= 0.3 is 5.97 Å². The number of aryl methyl sites for hydroxylation is 1. The zero-order valence-corrected chi connectivity index (χ0v) is 9.49. The largest absolute Gasteiger partial charge is 0.481 e. The van der Waals surface area contributed by atoms with Crippen molar-refractivity contribution in [1.29, 1.82) is 0 Å². The summed E-state index contributed by atoms with van der Waals surface area (Å²) in [5.74, 6) is -0.721. The van der Waals surface area contributed by atoms with Gasteiger partial charge in [-0.1, -0.05) is 18.2 Å². The van der Waals surface area contributed by atoms with Crippen LogP contribution in [-0.4, -0.2) is 17.6 Å². The van der Waals surface area contributed by atoms with Crippen molar-refractivity contribution in [2.24, 2.45) is 0 Å². The van der Waals surface area contributed by atoms with Gasteiger partial charge in [0, 0.05) is 12.5 Å². The van der Waals surface area contributed by atoms with E-state index in [9.17, 15) is 4.79 Å². The number of fused-ring (bicyclic) bond motifs is 1. The number of hydrogen-bond acceptors (Lipinski definition) is 2. The highest BCUT2D eigenvalue weighted by Crippen LogP contribution is 2.28. The fraction of sp³-hybridized carbons (Fsp3) is 0.462. The standard InChI is InChI=1S/C13H17NO2/c1-9-3-2-4-11-10(9)7-8-14-12(11)5-6-13(15)16/h2-4,12,14H,5-8H2,1H3,(H,15,16). The number of aliphatic carboxylic acids is 1. The summed E-state index contributed by atoms with van der Waals surface area (Å²) >= 11 is 0. The van der Waals surface area contributed by atoms with E-state index in [2.05, 4.69) is 30.4 Å². The molecule has 0 amide bonds. The van der Waals surface area contributed by atoms with Gasteiger partial charge in [-0.15, -0.1) is 0 Å². The van der Waals surface area contributed by atoms with E-state index in [0.29, 0.717) is 6.42 Å². The van der Waals surface area contributed by atoms with Crippen LogP contribution in [0.25, 0.3) is 0 Å². The molecular formula is C13H17NO2. The fourth-order valence-electron chi connectivity index (χ4n) is 2.40. The number of carboxylic acid groups (broad SMARTS) is 1. The number of rotatable bonds is 3. The Kier molecular flexibility index (Phi) is 3.25. The van der Waals surface area contributed by atoms with Crippen molar-refractivity contribution in [2.45, 2.75) is 32.2 Å². The van der Waals surface area contributed by atoms with Gasteiger partial charge in [-0.3, -0.25) is 4.79 Å². The van der Waals surface area contributed by atoms with Gasteiger partial charge in [0.1, 0.15) is 0 Å². The highest BCUT2D eigenvalue weighted by atomic mass is 16.4. The van der Waals surface area contributed by atoms with Crippen LogP contribution in [0.15, 0.2) is 18.2 Å². The van der Waals surface area contributed by atoms with Crippen molar-refractivity contribution in [3.05, 3.63) is 34.9 Å². The summed E-state index contributed by atoms with van der Waals surface area (Å²) in [4.78, 5) is 10.6. The molecule has 0 spiro atoms. The Morgan fingerprint density at radius 1 is 1.56 bits per heavy atom. The van der Waals surface area contributed by atoms with Crippen molar-refractivity contribution in [3.63, 3.8) is 0 Å². The molecule has 1 atom stereocenters. The lowest BCUT2D eigenvalue weighted by molar-refractivity contribution is -0.137. The van der Waals surface area contributed by atoms with Crippen molar-refractivity contribution >= 4 is 5.97 Å². The summed E-state index contributed by atoms with van der Waals surface area (Å²) in [6.45, 7) is 3.07. The maximum atomic E-state index is 10.6. The van der Waals surface area contributed by atoms with Crippen LogP contribution < -0.4 is 5.32 Å². The SMILES string of the molecule is Cc1cccc2c1CCNC2CCC(=O)O. The van der Waals surface area contributed by atoms with Crippen LogP contribution in [0.5, 0.6) is 0 Å². The minimum atomic E-state index is -0.721. The smallest absolute Gasteiger partial charge is 0.303 e. The first-order valence-corrected chi connectivity index (χ1v) is 5.72. The second-order valence-electron chi connectivity index (χ2n) is 4.33. The van der Waals surface area contributed by atoms with E-state index in [1.54, 1.807) is 0 Å². The minimum Gasteiger partial charge on any atom is -0.481 e. The average molecular weight is 219 g/mol. The van der Waals surface area contributed by atoms with Gasteiger partial charge in [0.15, 0.2) is 0 Å². The molecule has 3 nitrogen and oxygen atoms in total. The average Bonchev–Trinajstić information content (AvgIpc) is 2.27. The second kappa shape index (κ2) is 4.66. The van der Waals surface area contributed by atoms with Gasteiger partial charge in [-0.25, -0.2) is 0 Å². The molecular weight excluding hydrogens is 202 g/mol. The summed E-state index contributed by atoms with van der Waals surface area (Å²) in [5, 5.41) is 12.1. The van der Waals surface area contributed by atoms with Crippen molar-refractivity contribution in [3.8, 4) is 0 Å². The molecule has 0 radical (unpaired) electrons. The molecule has 0 bridgehead atoms. The van der Waals surface area contributed by atoms with Crippen LogP contribution in [0.1, 0.15) is 35.6 Å². The lowest BCUT2D eigenvalue weighted by Gasteiger charge is -2.27. The van der Waals surface area contributed by atoms with Crippen molar-refractivity contribution < 1.29 is 9.90 Å². The van der Waals surface area contributed by atoms with Crippen LogP contribution in [-0.2, 0) is 11.2 Å². The molecule has 0 aromatic heterocycles. The molecule has 1 aliphatic heterocycles. The Labute approximate surface area is 95.5 Å². The van der Waals surface area contributed by atoms with E-state index < -0.39 is 5.97 Å². The molecule has 2 N–H and O–H groups in total. The first-order chi connectivity index (χ1) is 7.68. The summed E-state index contributed by atoms with van der Waals surface area (Å²) in [6, 6.07) is 6.49. The van der Waals surface area contributed by atoms with Gasteiger partial charge in [0.05, 0.1) is 0 Å². The first kappa shape index (κ1) is 11.1. The molecule has 86 valence electrons. The lowest BCUT2D eigenvalue weighted by atomic mass is 9.89. The van der Waals surface area contributed by atoms with Gasteiger partial charge in [-0.05, 0) is 43.0 Å². The molecule has 3 heteroatoms.